The maximum Gasteiger partial charge on any atom is 0.242 e. The van der Waals surface area contributed by atoms with Crippen molar-refractivity contribution in [2.45, 2.75) is 25.5 Å². The van der Waals surface area contributed by atoms with E-state index in [0.29, 0.717) is 19.0 Å². The Hall–Kier alpha value is -2.21. The molecule has 2 aromatic rings. The number of halogens is 1. The Morgan fingerprint density at radius 2 is 2.17 bits per heavy atom. The van der Waals surface area contributed by atoms with Crippen LogP contribution in [0.4, 0.5) is 4.39 Å². The van der Waals surface area contributed by atoms with E-state index in [-0.39, 0.29) is 17.8 Å². The molecule has 0 radical (unpaired) electrons. The summed E-state index contributed by atoms with van der Waals surface area (Å²) in [5.74, 6) is 0.190. The molecule has 1 saturated heterocycles. The number of methoxy groups -OCH3 is 1. The maximum absolute atomic E-state index is 13.0. The van der Waals surface area contributed by atoms with Gasteiger partial charge in [0, 0.05) is 32.6 Å². The molecule has 2 heterocycles. The van der Waals surface area contributed by atoms with Gasteiger partial charge in [-0.25, -0.2) is 9.37 Å². The Labute approximate surface area is 141 Å². The van der Waals surface area contributed by atoms with Crippen molar-refractivity contribution in [3.8, 4) is 0 Å². The van der Waals surface area contributed by atoms with E-state index in [4.69, 9.17) is 4.74 Å². The summed E-state index contributed by atoms with van der Waals surface area (Å²) < 4.78 is 20.4. The Balaban J connectivity index is 1.59. The van der Waals surface area contributed by atoms with E-state index >= 15 is 0 Å². The van der Waals surface area contributed by atoms with Crippen LogP contribution in [0.2, 0.25) is 0 Å². The van der Waals surface area contributed by atoms with Crippen LogP contribution in [0, 0.1) is 11.7 Å². The van der Waals surface area contributed by atoms with Gasteiger partial charge in [-0.05, 0) is 36.5 Å². The van der Waals surface area contributed by atoms with Crippen LogP contribution in [0.25, 0.3) is 0 Å². The number of amides is 1. The summed E-state index contributed by atoms with van der Waals surface area (Å²) >= 11 is 0. The Bertz CT molecular complexity index is 657. The summed E-state index contributed by atoms with van der Waals surface area (Å²) in [6.07, 6.45) is 6.81. The highest BCUT2D eigenvalue weighted by atomic mass is 19.1. The van der Waals surface area contributed by atoms with Gasteiger partial charge < -0.3 is 14.2 Å². The molecule has 3 rings (SSSR count). The lowest BCUT2D eigenvalue weighted by Crippen LogP contribution is -2.48. The number of benzene rings is 1. The molecule has 6 heteroatoms. The number of carbonyl (C=O) groups excluding carboxylic acids is 1. The first-order valence-corrected chi connectivity index (χ1v) is 8.16. The molecule has 1 fully saturated rings. The van der Waals surface area contributed by atoms with Crippen molar-refractivity contribution in [2.75, 3.05) is 20.2 Å². The molecule has 1 aliphatic heterocycles. The third-order valence-corrected chi connectivity index (χ3v) is 4.64. The molecule has 24 heavy (non-hydrogen) atoms. The van der Waals surface area contributed by atoms with E-state index in [1.54, 1.807) is 30.4 Å². The third kappa shape index (κ3) is 4.00. The van der Waals surface area contributed by atoms with E-state index in [1.807, 2.05) is 17.0 Å². The first-order valence-electron chi connectivity index (χ1n) is 8.16. The fourth-order valence-corrected chi connectivity index (χ4v) is 3.25. The van der Waals surface area contributed by atoms with Gasteiger partial charge in [-0.1, -0.05) is 12.1 Å². The highest BCUT2D eigenvalue weighted by Gasteiger charge is 2.31. The van der Waals surface area contributed by atoms with Gasteiger partial charge in [0.25, 0.3) is 0 Å². The number of carbonyl (C=O) groups is 1. The van der Waals surface area contributed by atoms with Crippen molar-refractivity contribution in [3.63, 3.8) is 0 Å². The zero-order chi connectivity index (χ0) is 16.9. The monoisotopic (exact) mass is 331 g/mol. The number of aromatic nitrogens is 2. The number of nitrogens with zero attached hydrogens (tertiary/aromatic N) is 3. The molecule has 0 saturated carbocycles. The van der Waals surface area contributed by atoms with Crippen LogP contribution in [0.3, 0.4) is 0 Å². The average molecular weight is 331 g/mol. The van der Waals surface area contributed by atoms with E-state index in [1.165, 1.54) is 12.1 Å². The van der Waals surface area contributed by atoms with Crippen LogP contribution < -0.4 is 0 Å². The first kappa shape index (κ1) is 16.6. The van der Waals surface area contributed by atoms with Gasteiger partial charge in [0.2, 0.25) is 5.91 Å². The largest absolute Gasteiger partial charge is 0.379 e. The number of rotatable bonds is 5. The molecule has 5 nitrogen and oxygen atoms in total. The molecule has 0 bridgehead atoms. The molecule has 128 valence electrons. The van der Waals surface area contributed by atoms with Crippen LogP contribution in [-0.2, 0) is 22.5 Å². The highest BCUT2D eigenvalue weighted by molar-refractivity contribution is 5.76. The number of hydrogen-bond donors (Lipinski definition) is 0. The second-order valence-corrected chi connectivity index (χ2v) is 6.23. The van der Waals surface area contributed by atoms with Gasteiger partial charge in [-0.15, -0.1) is 0 Å². The molecule has 1 aromatic heterocycles. The minimum Gasteiger partial charge on any atom is -0.379 e. The standard InChI is InChI=1S/C18H22FN3O2/c1-24-17-11-22(18(23)12-21-9-7-20-13-21)8-6-15(17)10-14-2-4-16(19)5-3-14/h2-5,7,9,13,15,17H,6,8,10-12H2,1H3/t15-,17+/m1/s1. The topological polar surface area (TPSA) is 47.4 Å². The lowest BCUT2D eigenvalue weighted by molar-refractivity contribution is -0.137. The average Bonchev–Trinajstić information content (AvgIpc) is 3.10. The second kappa shape index (κ2) is 7.57. The lowest BCUT2D eigenvalue weighted by Gasteiger charge is -2.38. The van der Waals surface area contributed by atoms with Crippen LogP contribution in [-0.4, -0.2) is 46.7 Å². The summed E-state index contributed by atoms with van der Waals surface area (Å²) in [5, 5.41) is 0. The summed E-state index contributed by atoms with van der Waals surface area (Å²) in [6.45, 7) is 1.62. The van der Waals surface area contributed by atoms with E-state index in [2.05, 4.69) is 4.98 Å². The summed E-state index contributed by atoms with van der Waals surface area (Å²) in [6, 6.07) is 6.61. The zero-order valence-corrected chi connectivity index (χ0v) is 13.8. The molecule has 0 N–H and O–H groups in total. The smallest absolute Gasteiger partial charge is 0.242 e. The molecule has 0 spiro atoms. The van der Waals surface area contributed by atoms with Crippen LogP contribution in [0.5, 0.6) is 0 Å². The molecule has 1 aliphatic rings. The van der Waals surface area contributed by atoms with Gasteiger partial charge >= 0.3 is 0 Å². The Morgan fingerprint density at radius 1 is 1.38 bits per heavy atom. The van der Waals surface area contributed by atoms with Crippen molar-refractivity contribution in [1.29, 1.82) is 0 Å². The maximum atomic E-state index is 13.0. The van der Waals surface area contributed by atoms with Crippen LogP contribution in [0.15, 0.2) is 43.0 Å². The molecule has 0 unspecified atom stereocenters. The Kier molecular flexibility index (Phi) is 5.25. The zero-order valence-electron chi connectivity index (χ0n) is 13.8. The van der Waals surface area contributed by atoms with Gasteiger partial charge in [-0.2, -0.15) is 0 Å². The van der Waals surface area contributed by atoms with E-state index in [9.17, 15) is 9.18 Å². The van der Waals surface area contributed by atoms with Crippen LogP contribution >= 0.6 is 0 Å². The van der Waals surface area contributed by atoms with Crippen LogP contribution in [0.1, 0.15) is 12.0 Å². The minimum atomic E-state index is -0.220. The second-order valence-electron chi connectivity index (χ2n) is 6.23. The summed E-state index contributed by atoms with van der Waals surface area (Å²) in [5.41, 5.74) is 1.10. The number of imidazole rings is 1. The molecule has 0 aliphatic carbocycles. The lowest BCUT2D eigenvalue weighted by atomic mass is 9.87. The van der Waals surface area contributed by atoms with Gasteiger partial charge in [0.15, 0.2) is 0 Å². The predicted octanol–water partition coefficient (Wildman–Crippen LogP) is 2.13. The molecular formula is C18H22FN3O2. The van der Waals surface area contributed by atoms with Crippen molar-refractivity contribution in [3.05, 3.63) is 54.4 Å². The number of hydrogen-bond acceptors (Lipinski definition) is 3. The fraction of sp³-hybridized carbons (Fsp3) is 0.444. The molecule has 2 atom stereocenters. The number of ether oxygens (including phenoxy) is 1. The normalized spacial score (nSPS) is 21.0. The first-order chi connectivity index (χ1) is 11.7. The van der Waals surface area contributed by atoms with Gasteiger partial charge in [0.05, 0.1) is 12.4 Å². The minimum absolute atomic E-state index is 0.00413. The van der Waals surface area contributed by atoms with E-state index in [0.717, 1.165) is 24.9 Å². The van der Waals surface area contributed by atoms with Crippen molar-refractivity contribution >= 4 is 5.91 Å². The molecule has 1 aromatic carbocycles. The van der Waals surface area contributed by atoms with E-state index < -0.39 is 0 Å². The van der Waals surface area contributed by atoms with Crippen molar-refractivity contribution < 1.29 is 13.9 Å². The summed E-state index contributed by atoms with van der Waals surface area (Å²) in [4.78, 5) is 18.2. The molecular weight excluding hydrogens is 309 g/mol. The third-order valence-electron chi connectivity index (χ3n) is 4.64. The van der Waals surface area contributed by atoms with Crippen molar-refractivity contribution in [2.24, 2.45) is 5.92 Å². The quantitative estimate of drug-likeness (QED) is 0.843. The van der Waals surface area contributed by atoms with Crippen molar-refractivity contribution in [1.82, 2.24) is 14.5 Å². The number of likely N-dealkylation sites (tertiary alicyclic amines) is 1. The number of piperidine rings is 1. The highest BCUT2D eigenvalue weighted by Crippen LogP contribution is 2.24. The predicted molar refractivity (Wildman–Crippen MR) is 87.8 cm³/mol. The molecule has 1 amide bonds. The summed E-state index contributed by atoms with van der Waals surface area (Å²) in [7, 11) is 1.69. The SMILES string of the molecule is CO[C@H]1CN(C(=O)Cn2ccnc2)CC[C@@H]1Cc1ccc(F)cc1. The Morgan fingerprint density at radius 3 is 2.83 bits per heavy atom. The van der Waals surface area contributed by atoms with Gasteiger partial charge in [-0.3, -0.25) is 4.79 Å². The van der Waals surface area contributed by atoms with Gasteiger partial charge in [0.1, 0.15) is 12.4 Å². The fourth-order valence-electron chi connectivity index (χ4n) is 3.25.